The van der Waals surface area contributed by atoms with Crippen LogP contribution in [0, 0.1) is 0 Å². The lowest BCUT2D eigenvalue weighted by atomic mass is 10.0. The minimum absolute atomic E-state index is 0.222. The van der Waals surface area contributed by atoms with E-state index in [1.807, 2.05) is 48.5 Å². The number of amides is 1. The van der Waals surface area contributed by atoms with E-state index in [0.717, 1.165) is 41.0 Å². The van der Waals surface area contributed by atoms with Crippen LogP contribution in [0.3, 0.4) is 0 Å². The maximum absolute atomic E-state index is 12.9. The highest BCUT2D eigenvalue weighted by molar-refractivity contribution is 5.88. The van der Waals surface area contributed by atoms with Gasteiger partial charge in [0.2, 0.25) is 5.91 Å². The van der Waals surface area contributed by atoms with Crippen molar-refractivity contribution in [2.75, 3.05) is 13.7 Å². The van der Waals surface area contributed by atoms with Crippen molar-refractivity contribution in [2.45, 2.75) is 63.6 Å². The average Bonchev–Trinajstić information content (AvgIpc) is 3.09. The van der Waals surface area contributed by atoms with E-state index >= 15 is 0 Å². The van der Waals surface area contributed by atoms with Gasteiger partial charge in [0, 0.05) is 23.5 Å². The molecule has 9 heteroatoms. The molecule has 1 heterocycles. The Morgan fingerprint density at radius 3 is 2.13 bits per heavy atom. The van der Waals surface area contributed by atoms with Crippen LogP contribution < -0.4 is 15.8 Å². The molecule has 0 aliphatic carbocycles. The number of rotatable bonds is 16. The molecule has 4 aromatic rings. The average molecular weight is 611 g/mol. The summed E-state index contributed by atoms with van der Waals surface area (Å²) in [6, 6.07) is 21.8. The Hall–Kier alpha value is -4.60. The zero-order valence-electron chi connectivity index (χ0n) is 25.9. The number of carbonyl (C=O) groups excluding carboxylic acids is 2. The number of aliphatic hydroxyl groups is 1. The van der Waals surface area contributed by atoms with Crippen LogP contribution in [-0.4, -0.2) is 52.8 Å². The molecule has 0 aliphatic heterocycles. The van der Waals surface area contributed by atoms with E-state index in [9.17, 15) is 14.7 Å². The number of esters is 1. The van der Waals surface area contributed by atoms with Gasteiger partial charge in [-0.1, -0.05) is 99.3 Å². The molecule has 1 aromatic heterocycles. The minimum atomic E-state index is -1.30. The molecule has 0 spiro atoms. The number of nitrogens with two attached hydrogens (primary N) is 1. The van der Waals surface area contributed by atoms with Crippen LogP contribution in [0.25, 0.3) is 22.5 Å². The van der Waals surface area contributed by atoms with Gasteiger partial charge in [-0.3, -0.25) is 4.79 Å². The summed E-state index contributed by atoms with van der Waals surface area (Å²) in [6.07, 6.45) is 8.56. The third-order valence-corrected chi connectivity index (χ3v) is 7.57. The Balaban J connectivity index is 1.30. The number of hydrogen-bond acceptors (Lipinski definition) is 8. The maximum atomic E-state index is 12.9. The summed E-state index contributed by atoms with van der Waals surface area (Å²) in [4.78, 5) is 34.3. The topological polar surface area (TPSA) is 137 Å². The van der Waals surface area contributed by atoms with Crippen molar-refractivity contribution < 1.29 is 24.2 Å². The SMILES string of the molecule is CCCCCCCOc1ccc(-c2cnc(-c3ccc(CC(N)C(=O)NC(C(=O)OC)C(O)c4ccccc4)cc3)nc2)cc1. The highest BCUT2D eigenvalue weighted by Gasteiger charge is 2.32. The number of hydrogen-bond donors (Lipinski definition) is 3. The van der Waals surface area contributed by atoms with Gasteiger partial charge in [-0.2, -0.15) is 0 Å². The lowest BCUT2D eigenvalue weighted by Crippen LogP contribution is -2.51. The first-order valence-electron chi connectivity index (χ1n) is 15.4. The molecule has 3 unspecified atom stereocenters. The first-order valence-corrected chi connectivity index (χ1v) is 15.4. The van der Waals surface area contributed by atoms with Gasteiger partial charge in [0.05, 0.1) is 19.8 Å². The Kier molecular flexibility index (Phi) is 12.6. The Labute approximate surface area is 264 Å². The van der Waals surface area contributed by atoms with Crippen LogP contribution in [0.2, 0.25) is 0 Å². The molecule has 1 amide bonds. The second-order valence-electron chi connectivity index (χ2n) is 11.0. The summed E-state index contributed by atoms with van der Waals surface area (Å²) in [5, 5.41) is 13.3. The molecule has 3 atom stereocenters. The van der Waals surface area contributed by atoms with E-state index in [2.05, 4.69) is 22.2 Å². The molecule has 0 radical (unpaired) electrons. The van der Waals surface area contributed by atoms with Crippen LogP contribution in [0.15, 0.2) is 91.3 Å². The van der Waals surface area contributed by atoms with Crippen LogP contribution in [-0.2, 0) is 20.7 Å². The number of nitrogens with zero attached hydrogens (tertiary/aromatic N) is 2. The molecule has 0 saturated carbocycles. The monoisotopic (exact) mass is 610 g/mol. The molecule has 0 saturated heterocycles. The fourth-order valence-electron chi connectivity index (χ4n) is 4.90. The Morgan fingerprint density at radius 2 is 1.49 bits per heavy atom. The van der Waals surface area contributed by atoms with E-state index < -0.39 is 30.1 Å². The van der Waals surface area contributed by atoms with Crippen LogP contribution in [0.4, 0.5) is 0 Å². The fourth-order valence-corrected chi connectivity index (χ4v) is 4.90. The number of carbonyl (C=O) groups is 2. The van der Waals surface area contributed by atoms with Crippen molar-refractivity contribution in [1.82, 2.24) is 15.3 Å². The zero-order chi connectivity index (χ0) is 32.0. The molecule has 236 valence electrons. The normalized spacial score (nSPS) is 13.0. The van der Waals surface area contributed by atoms with Gasteiger partial charge in [-0.05, 0) is 41.7 Å². The first-order chi connectivity index (χ1) is 21.9. The molecule has 4 rings (SSSR count). The standard InChI is InChI=1S/C36H42N4O5/c1-3-4-5-6-10-21-45-30-19-17-26(18-20-30)29-23-38-34(39-24-29)28-15-13-25(14-16-28)22-31(37)35(42)40-32(36(43)44-2)33(41)27-11-8-7-9-12-27/h7-9,11-20,23-24,31-33,41H,3-6,10,21-22,37H2,1-2H3,(H,40,42). The van der Waals surface area contributed by atoms with Crippen molar-refractivity contribution in [2.24, 2.45) is 5.73 Å². The summed E-state index contributed by atoms with van der Waals surface area (Å²) >= 11 is 0. The number of aliphatic hydroxyl groups excluding tert-OH is 1. The fraction of sp³-hybridized carbons (Fsp3) is 0.333. The second kappa shape index (κ2) is 17.0. The molecular formula is C36H42N4O5. The van der Waals surface area contributed by atoms with Gasteiger partial charge in [0.1, 0.15) is 11.9 Å². The molecule has 9 nitrogen and oxygen atoms in total. The second-order valence-corrected chi connectivity index (χ2v) is 11.0. The summed E-state index contributed by atoms with van der Waals surface area (Å²) in [7, 11) is 1.20. The number of ether oxygens (including phenoxy) is 2. The number of aromatic nitrogens is 2. The van der Waals surface area contributed by atoms with Crippen molar-refractivity contribution in [3.05, 3.63) is 102 Å². The molecule has 0 fully saturated rings. The quantitative estimate of drug-likeness (QED) is 0.113. The molecule has 4 N–H and O–H groups in total. The van der Waals surface area contributed by atoms with Gasteiger partial charge in [-0.25, -0.2) is 14.8 Å². The van der Waals surface area contributed by atoms with Crippen LogP contribution >= 0.6 is 0 Å². The highest BCUT2D eigenvalue weighted by atomic mass is 16.5. The van der Waals surface area contributed by atoms with Gasteiger partial charge in [0.25, 0.3) is 0 Å². The number of unbranched alkanes of at least 4 members (excludes halogenated alkanes) is 4. The molecule has 0 bridgehead atoms. The van der Waals surface area contributed by atoms with E-state index in [4.69, 9.17) is 15.2 Å². The number of benzene rings is 3. The molecule has 3 aromatic carbocycles. The lowest BCUT2D eigenvalue weighted by molar-refractivity contribution is -0.148. The minimum Gasteiger partial charge on any atom is -0.494 e. The van der Waals surface area contributed by atoms with Gasteiger partial charge in [-0.15, -0.1) is 0 Å². The van der Waals surface area contributed by atoms with Gasteiger partial charge < -0.3 is 25.6 Å². The van der Waals surface area contributed by atoms with Crippen molar-refractivity contribution in [1.29, 1.82) is 0 Å². The largest absolute Gasteiger partial charge is 0.494 e. The van der Waals surface area contributed by atoms with Crippen LogP contribution in [0.1, 0.15) is 56.3 Å². The summed E-state index contributed by atoms with van der Waals surface area (Å²) in [5.41, 5.74) is 10.2. The third kappa shape index (κ3) is 9.69. The molecule has 0 aliphatic rings. The highest BCUT2D eigenvalue weighted by Crippen LogP contribution is 2.24. The molecule has 45 heavy (non-hydrogen) atoms. The van der Waals surface area contributed by atoms with Gasteiger partial charge in [0.15, 0.2) is 11.9 Å². The lowest BCUT2D eigenvalue weighted by Gasteiger charge is -2.24. The molecular weight excluding hydrogens is 568 g/mol. The van der Waals surface area contributed by atoms with E-state index in [1.165, 1.54) is 32.8 Å². The zero-order valence-corrected chi connectivity index (χ0v) is 25.9. The van der Waals surface area contributed by atoms with Crippen molar-refractivity contribution >= 4 is 11.9 Å². The predicted molar refractivity (Wildman–Crippen MR) is 174 cm³/mol. The summed E-state index contributed by atoms with van der Waals surface area (Å²) in [5.74, 6) is 0.0884. The predicted octanol–water partition coefficient (Wildman–Crippen LogP) is 5.42. The Morgan fingerprint density at radius 1 is 0.844 bits per heavy atom. The Bertz CT molecular complexity index is 1480. The van der Waals surface area contributed by atoms with E-state index in [1.54, 1.807) is 42.7 Å². The van der Waals surface area contributed by atoms with Crippen molar-refractivity contribution in [3.63, 3.8) is 0 Å². The maximum Gasteiger partial charge on any atom is 0.331 e. The summed E-state index contributed by atoms with van der Waals surface area (Å²) in [6.45, 7) is 2.94. The van der Waals surface area contributed by atoms with Crippen LogP contribution in [0.5, 0.6) is 5.75 Å². The smallest absolute Gasteiger partial charge is 0.331 e. The third-order valence-electron chi connectivity index (χ3n) is 7.57. The van der Waals surface area contributed by atoms with E-state index in [0.29, 0.717) is 11.4 Å². The van der Waals surface area contributed by atoms with E-state index in [-0.39, 0.29) is 6.42 Å². The summed E-state index contributed by atoms with van der Waals surface area (Å²) < 4.78 is 10.7. The first kappa shape index (κ1) is 33.3. The number of nitrogens with one attached hydrogen (secondary N) is 1. The van der Waals surface area contributed by atoms with Gasteiger partial charge >= 0.3 is 5.97 Å². The number of methoxy groups -OCH3 is 1. The van der Waals surface area contributed by atoms with Crippen molar-refractivity contribution in [3.8, 4) is 28.3 Å².